The summed E-state index contributed by atoms with van der Waals surface area (Å²) in [4.78, 5) is 18.3. The molecule has 0 amide bonds. The molecule has 1 heterocycles. The molecule has 0 bridgehead atoms. The number of H-pyrrole nitrogens is 1. The SMILES string of the molecule is Cc1ccccc1Cc1ncc(Br)c(=O)[nH]1. The Kier molecular flexibility index (Phi) is 3.19. The number of aryl methyl sites for hydroxylation is 1. The monoisotopic (exact) mass is 278 g/mol. The van der Waals surface area contributed by atoms with Crippen molar-refractivity contribution in [3.05, 3.63) is 62.2 Å². The highest BCUT2D eigenvalue weighted by Crippen LogP contribution is 2.10. The van der Waals surface area contributed by atoms with Crippen LogP contribution < -0.4 is 5.56 Å². The third kappa shape index (κ3) is 2.39. The van der Waals surface area contributed by atoms with Crippen LogP contribution in [0.25, 0.3) is 0 Å². The van der Waals surface area contributed by atoms with E-state index in [2.05, 4.69) is 25.9 Å². The van der Waals surface area contributed by atoms with E-state index in [0.717, 1.165) is 0 Å². The zero-order chi connectivity index (χ0) is 11.5. The fourth-order valence-electron chi connectivity index (χ4n) is 1.49. The maximum absolute atomic E-state index is 11.4. The van der Waals surface area contributed by atoms with Crippen molar-refractivity contribution in [3.8, 4) is 0 Å². The molecular formula is C12H11BrN2O. The van der Waals surface area contributed by atoms with Crippen LogP contribution in [0.3, 0.4) is 0 Å². The van der Waals surface area contributed by atoms with E-state index in [1.54, 1.807) is 0 Å². The molecule has 1 aromatic carbocycles. The van der Waals surface area contributed by atoms with Gasteiger partial charge in [0.1, 0.15) is 10.3 Å². The summed E-state index contributed by atoms with van der Waals surface area (Å²) in [6.07, 6.45) is 2.18. The van der Waals surface area contributed by atoms with Crippen LogP contribution in [0.4, 0.5) is 0 Å². The van der Waals surface area contributed by atoms with E-state index in [4.69, 9.17) is 0 Å². The molecule has 1 aromatic heterocycles. The van der Waals surface area contributed by atoms with Crippen molar-refractivity contribution in [2.75, 3.05) is 0 Å². The first-order valence-corrected chi connectivity index (χ1v) is 5.74. The van der Waals surface area contributed by atoms with E-state index in [1.807, 2.05) is 31.2 Å². The minimum absolute atomic E-state index is 0.140. The van der Waals surface area contributed by atoms with Gasteiger partial charge in [0.2, 0.25) is 0 Å². The highest BCUT2D eigenvalue weighted by molar-refractivity contribution is 9.10. The number of aromatic nitrogens is 2. The minimum atomic E-state index is -0.140. The molecule has 1 N–H and O–H groups in total. The molecule has 4 heteroatoms. The Hall–Kier alpha value is -1.42. The Morgan fingerprint density at radius 2 is 2.12 bits per heavy atom. The van der Waals surface area contributed by atoms with Crippen LogP contribution in [0, 0.1) is 6.92 Å². The Labute approximate surface area is 102 Å². The standard InChI is InChI=1S/C12H11BrN2O/c1-8-4-2-3-5-9(8)6-11-14-7-10(13)12(16)15-11/h2-5,7H,6H2,1H3,(H,14,15,16). The Bertz CT molecular complexity index is 563. The summed E-state index contributed by atoms with van der Waals surface area (Å²) in [6.45, 7) is 2.05. The van der Waals surface area contributed by atoms with Crippen molar-refractivity contribution in [1.29, 1.82) is 0 Å². The molecule has 0 atom stereocenters. The average Bonchev–Trinajstić information content (AvgIpc) is 2.27. The van der Waals surface area contributed by atoms with Crippen molar-refractivity contribution in [3.63, 3.8) is 0 Å². The average molecular weight is 279 g/mol. The van der Waals surface area contributed by atoms with Crippen LogP contribution in [-0.2, 0) is 6.42 Å². The minimum Gasteiger partial charge on any atom is -0.309 e. The number of aromatic amines is 1. The third-order valence-electron chi connectivity index (χ3n) is 2.43. The van der Waals surface area contributed by atoms with Crippen LogP contribution >= 0.6 is 15.9 Å². The molecule has 0 saturated heterocycles. The van der Waals surface area contributed by atoms with Gasteiger partial charge in [-0.1, -0.05) is 24.3 Å². The summed E-state index contributed by atoms with van der Waals surface area (Å²) < 4.78 is 0.459. The highest BCUT2D eigenvalue weighted by Gasteiger charge is 2.03. The van der Waals surface area contributed by atoms with Crippen molar-refractivity contribution >= 4 is 15.9 Å². The van der Waals surface area contributed by atoms with E-state index in [1.165, 1.54) is 17.3 Å². The van der Waals surface area contributed by atoms with Crippen molar-refractivity contribution in [1.82, 2.24) is 9.97 Å². The zero-order valence-electron chi connectivity index (χ0n) is 8.83. The lowest BCUT2D eigenvalue weighted by Gasteiger charge is -2.04. The van der Waals surface area contributed by atoms with Crippen molar-refractivity contribution < 1.29 is 0 Å². The van der Waals surface area contributed by atoms with Gasteiger partial charge < -0.3 is 4.98 Å². The van der Waals surface area contributed by atoms with Gasteiger partial charge in [-0.2, -0.15) is 0 Å². The molecule has 0 aliphatic heterocycles. The predicted molar refractivity (Wildman–Crippen MR) is 66.5 cm³/mol. The summed E-state index contributed by atoms with van der Waals surface area (Å²) in [7, 11) is 0. The zero-order valence-corrected chi connectivity index (χ0v) is 10.4. The Morgan fingerprint density at radius 3 is 2.81 bits per heavy atom. The van der Waals surface area contributed by atoms with Gasteiger partial charge in [-0.05, 0) is 34.0 Å². The first-order chi connectivity index (χ1) is 7.66. The number of hydrogen-bond acceptors (Lipinski definition) is 2. The molecule has 0 unspecified atom stereocenters. The van der Waals surface area contributed by atoms with Crippen molar-refractivity contribution in [2.24, 2.45) is 0 Å². The summed E-state index contributed by atoms with van der Waals surface area (Å²) in [5, 5.41) is 0. The topological polar surface area (TPSA) is 45.8 Å². The molecule has 0 aliphatic carbocycles. The molecule has 2 rings (SSSR count). The van der Waals surface area contributed by atoms with Gasteiger partial charge in [0.25, 0.3) is 5.56 Å². The van der Waals surface area contributed by atoms with Gasteiger partial charge in [0.15, 0.2) is 0 Å². The van der Waals surface area contributed by atoms with Gasteiger partial charge in [-0.15, -0.1) is 0 Å². The highest BCUT2D eigenvalue weighted by atomic mass is 79.9. The first kappa shape index (κ1) is 11.1. The Morgan fingerprint density at radius 1 is 1.38 bits per heavy atom. The summed E-state index contributed by atoms with van der Waals surface area (Å²) in [5.41, 5.74) is 2.24. The maximum Gasteiger partial charge on any atom is 0.265 e. The number of nitrogens with zero attached hydrogens (tertiary/aromatic N) is 1. The first-order valence-electron chi connectivity index (χ1n) is 4.95. The number of halogens is 1. The smallest absolute Gasteiger partial charge is 0.265 e. The summed E-state index contributed by atoms with van der Waals surface area (Å²) >= 11 is 3.12. The van der Waals surface area contributed by atoms with Gasteiger partial charge in [0, 0.05) is 12.6 Å². The molecule has 0 fully saturated rings. The van der Waals surface area contributed by atoms with Crippen LogP contribution in [0.15, 0.2) is 39.7 Å². The van der Waals surface area contributed by atoms with Gasteiger partial charge in [0.05, 0.1) is 0 Å². The van der Waals surface area contributed by atoms with Crippen LogP contribution in [0.5, 0.6) is 0 Å². The molecular weight excluding hydrogens is 268 g/mol. The second-order valence-corrected chi connectivity index (χ2v) is 4.46. The fraction of sp³-hybridized carbons (Fsp3) is 0.167. The molecule has 0 aliphatic rings. The number of benzene rings is 1. The maximum atomic E-state index is 11.4. The van der Waals surface area contributed by atoms with E-state index in [0.29, 0.717) is 16.7 Å². The quantitative estimate of drug-likeness (QED) is 0.917. The molecule has 3 nitrogen and oxygen atoms in total. The normalized spacial score (nSPS) is 10.4. The van der Waals surface area contributed by atoms with E-state index in [-0.39, 0.29) is 5.56 Å². The lowest BCUT2D eigenvalue weighted by molar-refractivity contribution is 0.932. The Balaban J connectivity index is 2.31. The number of hydrogen-bond donors (Lipinski definition) is 1. The summed E-state index contributed by atoms with van der Waals surface area (Å²) in [5.74, 6) is 0.683. The van der Waals surface area contributed by atoms with E-state index >= 15 is 0 Å². The largest absolute Gasteiger partial charge is 0.309 e. The number of nitrogens with one attached hydrogen (secondary N) is 1. The van der Waals surface area contributed by atoms with E-state index in [9.17, 15) is 4.79 Å². The molecule has 0 spiro atoms. The van der Waals surface area contributed by atoms with Gasteiger partial charge >= 0.3 is 0 Å². The predicted octanol–water partition coefficient (Wildman–Crippen LogP) is 2.43. The molecule has 0 saturated carbocycles. The van der Waals surface area contributed by atoms with Crippen LogP contribution in [0.2, 0.25) is 0 Å². The van der Waals surface area contributed by atoms with Gasteiger partial charge in [-0.3, -0.25) is 4.79 Å². The third-order valence-corrected chi connectivity index (χ3v) is 2.99. The van der Waals surface area contributed by atoms with Crippen molar-refractivity contribution in [2.45, 2.75) is 13.3 Å². The second-order valence-electron chi connectivity index (χ2n) is 3.61. The lowest BCUT2D eigenvalue weighted by atomic mass is 10.1. The summed E-state index contributed by atoms with van der Waals surface area (Å²) in [6, 6.07) is 8.07. The molecule has 0 radical (unpaired) electrons. The number of rotatable bonds is 2. The fourth-order valence-corrected chi connectivity index (χ4v) is 1.70. The van der Waals surface area contributed by atoms with Gasteiger partial charge in [-0.25, -0.2) is 4.98 Å². The molecule has 16 heavy (non-hydrogen) atoms. The van der Waals surface area contributed by atoms with E-state index < -0.39 is 0 Å². The van der Waals surface area contributed by atoms with Crippen LogP contribution in [-0.4, -0.2) is 9.97 Å². The molecule has 2 aromatic rings. The lowest BCUT2D eigenvalue weighted by Crippen LogP contribution is -2.12. The molecule has 82 valence electrons. The van der Waals surface area contributed by atoms with Crippen LogP contribution in [0.1, 0.15) is 17.0 Å². The second kappa shape index (κ2) is 4.61.